The molecule has 0 aliphatic carbocycles. The molecule has 4 aromatic carbocycles. The average molecular weight is 660 g/mol. The molecule has 2 amide bonds. The fourth-order valence-corrected chi connectivity index (χ4v) is 7.19. The normalized spacial score (nSPS) is 14.0. The van der Waals surface area contributed by atoms with Crippen molar-refractivity contribution < 1.29 is 22.7 Å². The summed E-state index contributed by atoms with van der Waals surface area (Å²) in [7, 11) is -1.92. The number of benzene rings is 4. The Morgan fingerprint density at radius 2 is 1.46 bits per heavy atom. The summed E-state index contributed by atoms with van der Waals surface area (Å²) in [5, 5.41) is 3.60. The van der Waals surface area contributed by atoms with Crippen molar-refractivity contribution in [3.05, 3.63) is 130 Å². The first-order valence-corrected chi connectivity index (χ1v) is 17.1. The molecular weight excluding hydrogens is 622 g/mol. The molecule has 1 fully saturated rings. The van der Waals surface area contributed by atoms with Gasteiger partial charge in [-0.25, -0.2) is 8.42 Å². The van der Waals surface area contributed by atoms with Gasteiger partial charge in [-0.3, -0.25) is 9.59 Å². The molecule has 1 heterocycles. The highest BCUT2D eigenvalue weighted by atomic mass is 35.5. The topological polar surface area (TPSA) is 96.0 Å². The van der Waals surface area contributed by atoms with Crippen LogP contribution in [0.25, 0.3) is 0 Å². The second kappa shape index (κ2) is 15.4. The summed E-state index contributed by atoms with van der Waals surface area (Å²) in [4.78, 5) is 29.9. The standard InChI is InChI=1S/C36H38ClN3O5S/c1-45-32-18-11-28(12-19-32)25-38-36(42)35(30-7-3-2-4-8-30)40(26-29-9-16-31(37)17-10-29)34(41)22-15-27-13-20-33(21-14-27)46(43,44)39-23-5-6-24-39/h2-4,7-14,16-21,35H,5-6,15,22-26H2,1H3,(H,38,42)/t35-/m0/s1. The number of carbonyl (C=O) groups is 2. The maximum Gasteiger partial charge on any atom is 0.247 e. The van der Waals surface area contributed by atoms with Gasteiger partial charge in [0.1, 0.15) is 11.8 Å². The Balaban J connectivity index is 1.37. The molecule has 1 aliphatic rings. The molecule has 1 aliphatic heterocycles. The zero-order valence-electron chi connectivity index (χ0n) is 25.8. The number of carbonyl (C=O) groups excluding carboxylic acids is 2. The lowest BCUT2D eigenvalue weighted by molar-refractivity contribution is -0.141. The largest absolute Gasteiger partial charge is 0.497 e. The fraction of sp³-hybridized carbons (Fsp3) is 0.278. The summed E-state index contributed by atoms with van der Waals surface area (Å²) < 4.78 is 32.7. The van der Waals surface area contributed by atoms with Crippen LogP contribution in [0, 0.1) is 0 Å². The highest BCUT2D eigenvalue weighted by Crippen LogP contribution is 2.27. The van der Waals surface area contributed by atoms with Gasteiger partial charge in [0.05, 0.1) is 12.0 Å². The summed E-state index contributed by atoms with van der Waals surface area (Å²) >= 11 is 6.14. The van der Waals surface area contributed by atoms with Crippen LogP contribution in [0.2, 0.25) is 5.02 Å². The zero-order chi connectivity index (χ0) is 32.5. The lowest BCUT2D eigenvalue weighted by atomic mass is 10.0. The molecule has 8 nitrogen and oxygen atoms in total. The van der Waals surface area contributed by atoms with Crippen LogP contribution >= 0.6 is 11.6 Å². The summed E-state index contributed by atoms with van der Waals surface area (Å²) in [6, 6.07) is 29.8. The smallest absolute Gasteiger partial charge is 0.247 e. The van der Waals surface area contributed by atoms with E-state index in [1.165, 1.54) is 4.31 Å². The second-order valence-electron chi connectivity index (χ2n) is 11.3. The van der Waals surface area contributed by atoms with E-state index < -0.39 is 16.1 Å². The van der Waals surface area contributed by atoms with Crippen LogP contribution in [0.5, 0.6) is 5.75 Å². The number of hydrogen-bond acceptors (Lipinski definition) is 5. The molecule has 10 heteroatoms. The maximum absolute atomic E-state index is 14.1. The fourth-order valence-electron chi connectivity index (χ4n) is 5.55. The zero-order valence-corrected chi connectivity index (χ0v) is 27.3. The van der Waals surface area contributed by atoms with Gasteiger partial charge < -0.3 is 15.0 Å². The number of amides is 2. The Hall–Kier alpha value is -4.18. The van der Waals surface area contributed by atoms with Crippen molar-refractivity contribution in [1.82, 2.24) is 14.5 Å². The van der Waals surface area contributed by atoms with Gasteiger partial charge in [0.15, 0.2) is 0 Å². The molecule has 0 saturated carbocycles. The third-order valence-corrected chi connectivity index (χ3v) is 10.3. The first-order valence-electron chi connectivity index (χ1n) is 15.3. The number of sulfonamides is 1. The molecule has 1 atom stereocenters. The Kier molecular flexibility index (Phi) is 11.1. The number of methoxy groups -OCH3 is 1. The van der Waals surface area contributed by atoms with E-state index in [1.807, 2.05) is 66.7 Å². The van der Waals surface area contributed by atoms with Crippen LogP contribution in [0.1, 0.15) is 47.6 Å². The number of aryl methyl sites for hydroxylation is 1. The van der Waals surface area contributed by atoms with Gasteiger partial charge >= 0.3 is 0 Å². The van der Waals surface area contributed by atoms with E-state index in [9.17, 15) is 18.0 Å². The molecule has 5 rings (SSSR count). The van der Waals surface area contributed by atoms with Crippen LogP contribution in [-0.2, 0) is 39.1 Å². The maximum atomic E-state index is 14.1. The van der Waals surface area contributed by atoms with Crippen LogP contribution in [0.15, 0.2) is 108 Å². The predicted octanol–water partition coefficient (Wildman–Crippen LogP) is 6.15. The minimum absolute atomic E-state index is 0.126. The van der Waals surface area contributed by atoms with Gasteiger partial charge in [0, 0.05) is 37.6 Å². The summed E-state index contributed by atoms with van der Waals surface area (Å²) in [5.74, 6) is 0.206. The number of ether oxygens (including phenoxy) is 1. The highest BCUT2D eigenvalue weighted by Gasteiger charge is 2.32. The first-order chi connectivity index (χ1) is 22.2. The highest BCUT2D eigenvalue weighted by molar-refractivity contribution is 7.89. The molecule has 0 unspecified atom stereocenters. The van der Waals surface area contributed by atoms with Gasteiger partial charge in [0.2, 0.25) is 21.8 Å². The molecule has 1 saturated heterocycles. The van der Waals surface area contributed by atoms with E-state index in [0.29, 0.717) is 30.1 Å². The third kappa shape index (κ3) is 8.34. The molecular formula is C36H38ClN3O5S. The van der Waals surface area contributed by atoms with Gasteiger partial charge in [-0.2, -0.15) is 4.31 Å². The number of nitrogens with one attached hydrogen (secondary N) is 1. The molecule has 1 N–H and O–H groups in total. The minimum atomic E-state index is -3.52. The minimum Gasteiger partial charge on any atom is -0.497 e. The van der Waals surface area contributed by atoms with E-state index in [1.54, 1.807) is 48.4 Å². The molecule has 240 valence electrons. The number of halogens is 1. The van der Waals surface area contributed by atoms with Crippen LogP contribution in [0.3, 0.4) is 0 Å². The number of nitrogens with zero attached hydrogens (tertiary/aromatic N) is 2. The summed E-state index contributed by atoms with van der Waals surface area (Å²) in [6.07, 6.45) is 2.25. The van der Waals surface area contributed by atoms with Crippen LogP contribution < -0.4 is 10.1 Å². The molecule has 46 heavy (non-hydrogen) atoms. The van der Waals surface area contributed by atoms with Crippen molar-refractivity contribution in [3.8, 4) is 5.75 Å². The Labute approximate surface area is 276 Å². The van der Waals surface area contributed by atoms with E-state index in [4.69, 9.17) is 16.3 Å². The lowest BCUT2D eigenvalue weighted by Gasteiger charge is -2.32. The quantitative estimate of drug-likeness (QED) is 0.186. The summed E-state index contributed by atoms with van der Waals surface area (Å²) in [5.41, 5.74) is 3.25. The van der Waals surface area contributed by atoms with Crippen molar-refractivity contribution in [2.75, 3.05) is 20.2 Å². The van der Waals surface area contributed by atoms with Crippen molar-refractivity contribution >= 4 is 33.4 Å². The lowest BCUT2D eigenvalue weighted by Crippen LogP contribution is -2.43. The molecule has 4 aromatic rings. The van der Waals surface area contributed by atoms with Gasteiger partial charge in [-0.1, -0.05) is 78.3 Å². The third-order valence-electron chi connectivity index (χ3n) is 8.14. The van der Waals surface area contributed by atoms with Crippen molar-refractivity contribution in [2.24, 2.45) is 0 Å². The van der Waals surface area contributed by atoms with Crippen LogP contribution in [-0.4, -0.2) is 49.6 Å². The number of rotatable bonds is 13. The monoisotopic (exact) mass is 659 g/mol. The molecule has 0 radical (unpaired) electrons. The van der Waals surface area contributed by atoms with E-state index in [0.717, 1.165) is 35.3 Å². The second-order valence-corrected chi connectivity index (χ2v) is 13.7. The van der Waals surface area contributed by atoms with Gasteiger partial charge in [0.25, 0.3) is 0 Å². The average Bonchev–Trinajstić information content (AvgIpc) is 3.64. The van der Waals surface area contributed by atoms with Crippen molar-refractivity contribution in [2.45, 2.75) is 49.7 Å². The summed E-state index contributed by atoms with van der Waals surface area (Å²) in [6.45, 7) is 1.55. The SMILES string of the molecule is COc1ccc(CNC(=O)[C@H](c2ccccc2)N(Cc2ccc(Cl)cc2)C(=O)CCc2ccc(S(=O)(=O)N3CCCC3)cc2)cc1. The molecule has 0 spiro atoms. The number of hydrogen-bond donors (Lipinski definition) is 1. The Morgan fingerprint density at radius 1 is 0.848 bits per heavy atom. The van der Waals surface area contributed by atoms with Crippen LogP contribution in [0.4, 0.5) is 0 Å². The van der Waals surface area contributed by atoms with E-state index in [-0.39, 0.29) is 36.2 Å². The van der Waals surface area contributed by atoms with Gasteiger partial charge in [-0.15, -0.1) is 0 Å². The first kappa shape index (κ1) is 33.2. The molecule has 0 aromatic heterocycles. The van der Waals surface area contributed by atoms with E-state index >= 15 is 0 Å². The Morgan fingerprint density at radius 3 is 2.09 bits per heavy atom. The predicted molar refractivity (Wildman–Crippen MR) is 179 cm³/mol. The van der Waals surface area contributed by atoms with Gasteiger partial charge in [-0.05, 0) is 77.9 Å². The van der Waals surface area contributed by atoms with Crippen molar-refractivity contribution in [3.63, 3.8) is 0 Å². The Bertz CT molecular complexity index is 1710. The van der Waals surface area contributed by atoms with Crippen molar-refractivity contribution in [1.29, 1.82) is 0 Å². The van der Waals surface area contributed by atoms with E-state index in [2.05, 4.69) is 5.32 Å². The molecule has 0 bridgehead atoms.